The van der Waals surface area contributed by atoms with Crippen molar-refractivity contribution in [1.29, 1.82) is 0 Å². The second kappa shape index (κ2) is 5.55. The SMILES string of the molecule is C[C@@]12C[C@@H](c3c(ccc4ccccc34)O1)[C@H](c1nc3ccccc3s1)C(=O)N2. The lowest BCUT2D eigenvalue weighted by atomic mass is 9.73. The Labute approximate surface area is 166 Å². The minimum Gasteiger partial charge on any atom is -0.468 e. The third-order valence-electron chi connectivity index (χ3n) is 5.90. The lowest BCUT2D eigenvalue weighted by Gasteiger charge is -2.47. The smallest absolute Gasteiger partial charge is 0.233 e. The van der Waals surface area contributed by atoms with Gasteiger partial charge in [-0.05, 0) is 35.9 Å². The van der Waals surface area contributed by atoms with Crippen LogP contribution in [-0.2, 0) is 4.79 Å². The van der Waals surface area contributed by atoms with E-state index in [2.05, 4.69) is 29.6 Å². The Morgan fingerprint density at radius 1 is 1.11 bits per heavy atom. The molecule has 138 valence electrons. The fourth-order valence-corrected chi connectivity index (χ4v) is 5.88. The summed E-state index contributed by atoms with van der Waals surface area (Å²) in [6.45, 7) is 1.96. The average molecular weight is 386 g/mol. The van der Waals surface area contributed by atoms with Crippen molar-refractivity contribution < 1.29 is 9.53 Å². The zero-order valence-electron chi connectivity index (χ0n) is 15.3. The quantitative estimate of drug-likeness (QED) is 0.504. The molecule has 28 heavy (non-hydrogen) atoms. The van der Waals surface area contributed by atoms with E-state index in [9.17, 15) is 4.79 Å². The number of nitrogens with zero attached hydrogens (tertiary/aromatic N) is 1. The molecule has 3 atom stereocenters. The Kier molecular flexibility index (Phi) is 3.19. The molecule has 0 aliphatic carbocycles. The number of ether oxygens (including phenoxy) is 1. The number of fused-ring (bicyclic) bond motifs is 7. The average Bonchev–Trinajstić information content (AvgIpc) is 3.10. The van der Waals surface area contributed by atoms with Gasteiger partial charge in [0.25, 0.3) is 0 Å². The summed E-state index contributed by atoms with van der Waals surface area (Å²) in [5, 5.41) is 6.32. The van der Waals surface area contributed by atoms with Gasteiger partial charge in [-0.15, -0.1) is 11.3 Å². The van der Waals surface area contributed by atoms with E-state index >= 15 is 0 Å². The molecule has 1 saturated heterocycles. The topological polar surface area (TPSA) is 51.2 Å². The van der Waals surface area contributed by atoms with Crippen LogP contribution in [0.5, 0.6) is 5.75 Å². The number of hydrogen-bond donors (Lipinski definition) is 1. The number of amides is 1. The lowest BCUT2D eigenvalue weighted by molar-refractivity contribution is -0.135. The van der Waals surface area contributed by atoms with Gasteiger partial charge in [0.15, 0.2) is 5.72 Å². The Bertz CT molecular complexity index is 1230. The highest BCUT2D eigenvalue weighted by Gasteiger charge is 2.51. The normalized spacial score (nSPS) is 26.0. The van der Waals surface area contributed by atoms with E-state index < -0.39 is 5.72 Å². The van der Waals surface area contributed by atoms with Crippen LogP contribution in [0.25, 0.3) is 21.0 Å². The molecule has 5 heteroatoms. The number of rotatable bonds is 1. The summed E-state index contributed by atoms with van der Waals surface area (Å²) in [7, 11) is 0. The fourth-order valence-electron chi connectivity index (χ4n) is 4.74. The number of carbonyl (C=O) groups excluding carboxylic acids is 1. The van der Waals surface area contributed by atoms with Crippen molar-refractivity contribution in [1.82, 2.24) is 10.3 Å². The molecule has 6 rings (SSSR count). The first-order valence-corrected chi connectivity index (χ1v) is 10.3. The van der Waals surface area contributed by atoms with Crippen molar-refractivity contribution in [2.75, 3.05) is 0 Å². The van der Waals surface area contributed by atoms with Gasteiger partial charge in [-0.1, -0.05) is 42.5 Å². The molecule has 1 N–H and O–H groups in total. The monoisotopic (exact) mass is 386 g/mol. The molecule has 1 amide bonds. The summed E-state index contributed by atoms with van der Waals surface area (Å²) >= 11 is 1.62. The molecule has 0 saturated carbocycles. The second-order valence-electron chi connectivity index (χ2n) is 7.83. The van der Waals surface area contributed by atoms with E-state index in [4.69, 9.17) is 9.72 Å². The summed E-state index contributed by atoms with van der Waals surface area (Å²) in [5.74, 6) is 0.591. The first kappa shape index (κ1) is 16.1. The van der Waals surface area contributed by atoms with E-state index in [0.717, 1.165) is 38.3 Å². The highest BCUT2D eigenvalue weighted by Crippen LogP contribution is 2.52. The molecule has 1 fully saturated rings. The first-order valence-electron chi connectivity index (χ1n) is 9.49. The largest absolute Gasteiger partial charge is 0.468 e. The van der Waals surface area contributed by atoms with Crippen LogP contribution in [0.1, 0.15) is 35.8 Å². The van der Waals surface area contributed by atoms with Crippen LogP contribution in [0.3, 0.4) is 0 Å². The molecule has 3 aromatic carbocycles. The number of hydrogen-bond acceptors (Lipinski definition) is 4. The van der Waals surface area contributed by atoms with Crippen LogP contribution < -0.4 is 10.1 Å². The highest BCUT2D eigenvalue weighted by molar-refractivity contribution is 7.18. The van der Waals surface area contributed by atoms with Crippen molar-refractivity contribution in [3.05, 3.63) is 71.2 Å². The van der Waals surface area contributed by atoms with Gasteiger partial charge in [-0.2, -0.15) is 0 Å². The summed E-state index contributed by atoms with van der Waals surface area (Å²) in [4.78, 5) is 18.0. The third-order valence-corrected chi connectivity index (χ3v) is 7.01. The van der Waals surface area contributed by atoms with E-state index in [1.54, 1.807) is 11.3 Å². The predicted octanol–water partition coefficient (Wildman–Crippen LogP) is 4.95. The molecule has 4 aromatic rings. The van der Waals surface area contributed by atoms with E-state index in [-0.39, 0.29) is 17.7 Å². The maximum Gasteiger partial charge on any atom is 0.233 e. The molecular formula is C23H18N2O2S. The molecule has 4 nitrogen and oxygen atoms in total. The Morgan fingerprint density at radius 3 is 2.82 bits per heavy atom. The van der Waals surface area contributed by atoms with Gasteiger partial charge in [0.05, 0.1) is 16.1 Å². The van der Waals surface area contributed by atoms with Crippen molar-refractivity contribution in [2.24, 2.45) is 0 Å². The van der Waals surface area contributed by atoms with Crippen LogP contribution in [0.15, 0.2) is 60.7 Å². The zero-order valence-corrected chi connectivity index (χ0v) is 16.1. The van der Waals surface area contributed by atoms with Crippen molar-refractivity contribution in [3.8, 4) is 5.75 Å². The standard InChI is InChI=1S/C23H18N2O2S/c1-23-12-15(19-14-7-3-2-6-13(14)10-11-17(19)27-23)20(21(26)25-23)22-24-16-8-4-5-9-18(16)28-22/h2-11,15,20H,12H2,1H3,(H,25,26)/t15-,20-,23-/m0/s1. The maximum atomic E-state index is 13.2. The van der Waals surface area contributed by atoms with Gasteiger partial charge in [-0.3, -0.25) is 4.79 Å². The molecule has 2 aliphatic rings. The number of piperidine rings is 1. The summed E-state index contributed by atoms with van der Waals surface area (Å²) in [6.07, 6.45) is 0.736. The third kappa shape index (κ3) is 2.23. The molecule has 0 spiro atoms. The van der Waals surface area contributed by atoms with Gasteiger partial charge in [-0.25, -0.2) is 4.98 Å². The number of carbonyl (C=O) groups is 1. The van der Waals surface area contributed by atoms with Gasteiger partial charge >= 0.3 is 0 Å². The van der Waals surface area contributed by atoms with Crippen molar-refractivity contribution in [3.63, 3.8) is 0 Å². The minimum atomic E-state index is -0.676. The van der Waals surface area contributed by atoms with Gasteiger partial charge < -0.3 is 10.1 Å². The minimum absolute atomic E-state index is 0.00334. The lowest BCUT2D eigenvalue weighted by Crippen LogP contribution is -2.59. The Hall–Kier alpha value is -2.92. The predicted molar refractivity (Wildman–Crippen MR) is 111 cm³/mol. The van der Waals surface area contributed by atoms with Crippen LogP contribution in [-0.4, -0.2) is 16.6 Å². The number of nitrogens with one attached hydrogen (secondary N) is 1. The molecule has 0 radical (unpaired) electrons. The molecule has 2 aliphatic heterocycles. The summed E-state index contributed by atoms with van der Waals surface area (Å²) < 4.78 is 7.38. The zero-order chi connectivity index (χ0) is 18.9. The second-order valence-corrected chi connectivity index (χ2v) is 8.89. The number of benzene rings is 3. The van der Waals surface area contributed by atoms with E-state index in [1.807, 2.05) is 43.3 Å². The van der Waals surface area contributed by atoms with Crippen LogP contribution in [0.2, 0.25) is 0 Å². The molecule has 1 aromatic heterocycles. The van der Waals surface area contributed by atoms with Crippen molar-refractivity contribution >= 4 is 38.2 Å². The molecule has 3 heterocycles. The molecule has 0 unspecified atom stereocenters. The van der Waals surface area contributed by atoms with Crippen LogP contribution >= 0.6 is 11.3 Å². The Morgan fingerprint density at radius 2 is 1.93 bits per heavy atom. The first-order chi connectivity index (χ1) is 13.6. The fraction of sp³-hybridized carbons (Fsp3) is 0.217. The van der Waals surface area contributed by atoms with Gasteiger partial charge in [0.2, 0.25) is 5.91 Å². The summed E-state index contributed by atoms with van der Waals surface area (Å²) in [5.41, 5.74) is 1.41. The van der Waals surface area contributed by atoms with Gasteiger partial charge in [0.1, 0.15) is 10.8 Å². The maximum absolute atomic E-state index is 13.2. The van der Waals surface area contributed by atoms with Crippen LogP contribution in [0.4, 0.5) is 0 Å². The van der Waals surface area contributed by atoms with Crippen molar-refractivity contribution in [2.45, 2.75) is 30.9 Å². The van der Waals surface area contributed by atoms with Gasteiger partial charge in [0, 0.05) is 17.9 Å². The molecular weight excluding hydrogens is 368 g/mol. The number of para-hydroxylation sites is 1. The molecule has 2 bridgehead atoms. The van der Waals surface area contributed by atoms with E-state index in [0.29, 0.717) is 0 Å². The highest BCUT2D eigenvalue weighted by atomic mass is 32.1. The number of thiazole rings is 1. The Balaban J connectivity index is 1.59. The van der Waals surface area contributed by atoms with E-state index in [1.165, 1.54) is 5.39 Å². The number of aromatic nitrogens is 1. The summed E-state index contributed by atoms with van der Waals surface area (Å²) in [6, 6.07) is 20.5. The van der Waals surface area contributed by atoms with Crippen LogP contribution in [0, 0.1) is 0 Å².